The van der Waals surface area contributed by atoms with Gasteiger partial charge in [0.2, 0.25) is 0 Å². The van der Waals surface area contributed by atoms with Gasteiger partial charge >= 0.3 is 0 Å². The number of carbonyl (C=O) groups excluding carboxylic acids is 1. The number of aldehydes is 1. The van der Waals surface area contributed by atoms with Crippen LogP contribution in [0.3, 0.4) is 0 Å². The van der Waals surface area contributed by atoms with Gasteiger partial charge in [0.05, 0.1) is 20.3 Å². The molecule has 0 aliphatic heterocycles. The Hall–Kier alpha value is -1.55. The molecule has 1 unspecified atom stereocenters. The molecule has 1 rings (SSSR count). The smallest absolute Gasteiger partial charge is 0.164 e. The Morgan fingerprint density at radius 2 is 2.06 bits per heavy atom. The Bertz CT molecular complexity index is 372. The number of aliphatic hydroxyl groups is 1. The van der Waals surface area contributed by atoms with Crippen LogP contribution in [0.4, 0.5) is 0 Å². The van der Waals surface area contributed by atoms with E-state index >= 15 is 0 Å². The van der Waals surface area contributed by atoms with Gasteiger partial charge in [0.25, 0.3) is 0 Å². The van der Waals surface area contributed by atoms with Crippen molar-refractivity contribution in [3.05, 3.63) is 23.3 Å². The zero-order valence-electron chi connectivity index (χ0n) is 9.69. The van der Waals surface area contributed by atoms with Gasteiger partial charge in [0.1, 0.15) is 6.29 Å². The Morgan fingerprint density at radius 3 is 2.50 bits per heavy atom. The lowest BCUT2D eigenvalue weighted by Crippen LogP contribution is -2.07. The van der Waals surface area contributed by atoms with E-state index in [0.717, 1.165) is 11.8 Å². The second kappa shape index (κ2) is 5.51. The minimum Gasteiger partial charge on any atom is -0.493 e. The fourth-order valence-electron chi connectivity index (χ4n) is 1.60. The highest BCUT2D eigenvalue weighted by Crippen LogP contribution is 2.32. The maximum absolute atomic E-state index is 10.8. The van der Waals surface area contributed by atoms with E-state index in [1.807, 2.05) is 0 Å². The predicted octanol–water partition coefficient (Wildman–Crippen LogP) is 1.44. The number of methoxy groups -OCH3 is 2. The quantitative estimate of drug-likeness (QED) is 0.769. The minimum atomic E-state index is -0.500. The molecule has 0 bridgehead atoms. The summed E-state index contributed by atoms with van der Waals surface area (Å²) in [5.41, 5.74) is 1.27. The molecule has 0 aliphatic rings. The van der Waals surface area contributed by atoms with Crippen LogP contribution in [0, 0.1) is 0 Å². The first-order valence-electron chi connectivity index (χ1n) is 5.00. The van der Waals surface area contributed by atoms with Crippen molar-refractivity contribution < 1.29 is 19.4 Å². The standard InChI is InChI=1S/C12H16O4/c1-8(14)4-10-5-9(7-13)6-11(15-2)12(10)16-3/h5-8,14H,4H2,1-3H3. The molecule has 0 amide bonds. The van der Waals surface area contributed by atoms with Crippen LogP contribution in [0.5, 0.6) is 11.5 Å². The van der Waals surface area contributed by atoms with E-state index in [1.165, 1.54) is 14.2 Å². The lowest BCUT2D eigenvalue weighted by atomic mass is 10.0. The summed E-state index contributed by atoms with van der Waals surface area (Å²) in [5.74, 6) is 1.07. The molecule has 0 spiro atoms. The molecule has 0 aromatic heterocycles. The van der Waals surface area contributed by atoms with E-state index in [9.17, 15) is 9.90 Å². The van der Waals surface area contributed by atoms with Crippen LogP contribution in [-0.4, -0.2) is 31.7 Å². The van der Waals surface area contributed by atoms with E-state index in [1.54, 1.807) is 19.1 Å². The van der Waals surface area contributed by atoms with Crippen LogP contribution >= 0.6 is 0 Å². The number of rotatable bonds is 5. The average Bonchev–Trinajstić information content (AvgIpc) is 2.27. The molecule has 0 saturated carbocycles. The van der Waals surface area contributed by atoms with Crippen molar-refractivity contribution in [2.24, 2.45) is 0 Å². The molecule has 0 radical (unpaired) electrons. The van der Waals surface area contributed by atoms with Crippen molar-refractivity contribution >= 4 is 6.29 Å². The third-order valence-corrected chi connectivity index (χ3v) is 2.23. The van der Waals surface area contributed by atoms with Gasteiger partial charge in [-0.3, -0.25) is 4.79 Å². The van der Waals surface area contributed by atoms with Gasteiger partial charge in [-0.1, -0.05) is 0 Å². The Labute approximate surface area is 94.8 Å². The summed E-state index contributed by atoms with van der Waals surface area (Å²) < 4.78 is 10.4. The van der Waals surface area contributed by atoms with Crippen LogP contribution in [0.2, 0.25) is 0 Å². The summed E-state index contributed by atoms with van der Waals surface area (Å²) in [6.07, 6.45) is 0.662. The molecule has 0 saturated heterocycles. The Morgan fingerprint density at radius 1 is 1.38 bits per heavy atom. The number of hydrogen-bond donors (Lipinski definition) is 1. The maximum atomic E-state index is 10.8. The number of ether oxygens (including phenoxy) is 2. The summed E-state index contributed by atoms with van der Waals surface area (Å²) in [6, 6.07) is 3.30. The predicted molar refractivity (Wildman–Crippen MR) is 60.3 cm³/mol. The van der Waals surface area contributed by atoms with Crippen molar-refractivity contribution in [2.75, 3.05) is 14.2 Å². The molecule has 1 aromatic rings. The second-order valence-electron chi connectivity index (χ2n) is 3.59. The molecule has 0 heterocycles. The monoisotopic (exact) mass is 224 g/mol. The molecule has 88 valence electrons. The van der Waals surface area contributed by atoms with E-state index in [-0.39, 0.29) is 0 Å². The third-order valence-electron chi connectivity index (χ3n) is 2.23. The van der Waals surface area contributed by atoms with E-state index in [4.69, 9.17) is 9.47 Å². The summed E-state index contributed by atoms with van der Waals surface area (Å²) >= 11 is 0. The van der Waals surface area contributed by atoms with Gasteiger partial charge in [-0.25, -0.2) is 0 Å². The molecule has 1 atom stereocenters. The van der Waals surface area contributed by atoms with Crippen molar-refractivity contribution in [1.29, 1.82) is 0 Å². The summed E-state index contributed by atoms with van der Waals surface area (Å²) in [6.45, 7) is 1.68. The minimum absolute atomic E-state index is 0.418. The van der Waals surface area contributed by atoms with Gasteiger partial charge < -0.3 is 14.6 Å². The van der Waals surface area contributed by atoms with Gasteiger partial charge in [-0.05, 0) is 19.1 Å². The topological polar surface area (TPSA) is 55.8 Å². The maximum Gasteiger partial charge on any atom is 0.164 e. The van der Waals surface area contributed by atoms with Crippen molar-refractivity contribution in [3.8, 4) is 11.5 Å². The molecule has 1 aromatic carbocycles. The first-order chi connectivity index (χ1) is 7.62. The zero-order chi connectivity index (χ0) is 12.1. The van der Waals surface area contributed by atoms with Crippen molar-refractivity contribution in [1.82, 2.24) is 0 Å². The van der Waals surface area contributed by atoms with Crippen LogP contribution in [0.25, 0.3) is 0 Å². The van der Waals surface area contributed by atoms with Crippen LogP contribution in [0.1, 0.15) is 22.8 Å². The highest BCUT2D eigenvalue weighted by atomic mass is 16.5. The molecule has 16 heavy (non-hydrogen) atoms. The molecule has 4 heteroatoms. The number of carbonyl (C=O) groups is 1. The number of hydrogen-bond acceptors (Lipinski definition) is 4. The summed E-state index contributed by atoms with van der Waals surface area (Å²) in [4.78, 5) is 10.8. The summed E-state index contributed by atoms with van der Waals surface area (Å²) in [5, 5.41) is 9.37. The molecular weight excluding hydrogens is 208 g/mol. The van der Waals surface area contributed by atoms with Crippen molar-refractivity contribution in [2.45, 2.75) is 19.4 Å². The molecule has 0 fully saturated rings. The average molecular weight is 224 g/mol. The van der Waals surface area contributed by atoms with E-state index in [0.29, 0.717) is 23.5 Å². The van der Waals surface area contributed by atoms with Gasteiger partial charge in [-0.2, -0.15) is 0 Å². The Balaban J connectivity index is 3.25. The van der Waals surface area contributed by atoms with Gasteiger partial charge in [0, 0.05) is 17.5 Å². The molecule has 1 N–H and O–H groups in total. The molecule has 0 aliphatic carbocycles. The molecule has 4 nitrogen and oxygen atoms in total. The largest absolute Gasteiger partial charge is 0.493 e. The lowest BCUT2D eigenvalue weighted by molar-refractivity contribution is 0.112. The van der Waals surface area contributed by atoms with E-state index in [2.05, 4.69) is 0 Å². The van der Waals surface area contributed by atoms with Gasteiger partial charge in [0.15, 0.2) is 11.5 Å². The second-order valence-corrected chi connectivity index (χ2v) is 3.59. The number of aliphatic hydroxyl groups excluding tert-OH is 1. The van der Waals surface area contributed by atoms with Crippen molar-refractivity contribution in [3.63, 3.8) is 0 Å². The zero-order valence-corrected chi connectivity index (χ0v) is 9.69. The SMILES string of the molecule is COc1cc(C=O)cc(CC(C)O)c1OC. The highest BCUT2D eigenvalue weighted by Gasteiger charge is 2.13. The summed E-state index contributed by atoms with van der Waals surface area (Å²) in [7, 11) is 3.04. The lowest BCUT2D eigenvalue weighted by Gasteiger charge is -2.14. The van der Waals surface area contributed by atoms with Crippen LogP contribution < -0.4 is 9.47 Å². The highest BCUT2D eigenvalue weighted by molar-refractivity contribution is 5.77. The van der Waals surface area contributed by atoms with Gasteiger partial charge in [-0.15, -0.1) is 0 Å². The van der Waals surface area contributed by atoms with Crippen LogP contribution in [0.15, 0.2) is 12.1 Å². The fraction of sp³-hybridized carbons (Fsp3) is 0.417. The first-order valence-corrected chi connectivity index (χ1v) is 5.00. The first kappa shape index (κ1) is 12.5. The van der Waals surface area contributed by atoms with Crippen LogP contribution in [-0.2, 0) is 6.42 Å². The van der Waals surface area contributed by atoms with E-state index < -0.39 is 6.10 Å². The number of benzene rings is 1. The molecular formula is C12H16O4. The third kappa shape index (κ3) is 2.73. The fourth-order valence-corrected chi connectivity index (χ4v) is 1.60. The normalized spacial score (nSPS) is 12.0. The Kier molecular flexibility index (Phi) is 4.31.